The molecule has 0 aliphatic rings. The first-order valence-electron chi connectivity index (χ1n) is 6.97. The van der Waals surface area contributed by atoms with E-state index in [4.69, 9.17) is 0 Å². The largest absolute Gasteiger partial charge is 0.396 e. The van der Waals surface area contributed by atoms with Gasteiger partial charge >= 0.3 is 0 Å². The normalized spacial score (nSPS) is 14.5. The monoisotopic (exact) mass is 257 g/mol. The van der Waals surface area contributed by atoms with Crippen molar-refractivity contribution in [3.8, 4) is 0 Å². The zero-order valence-corrected chi connectivity index (χ0v) is 11.8. The van der Waals surface area contributed by atoms with Gasteiger partial charge in [-0.1, -0.05) is 56.3 Å². The second-order valence-corrected chi connectivity index (χ2v) is 5.56. The maximum Gasteiger partial charge on any atom is 0.0496 e. The van der Waals surface area contributed by atoms with E-state index in [9.17, 15) is 5.11 Å². The molecular formula is C17H23NO. The second kappa shape index (κ2) is 6.18. The van der Waals surface area contributed by atoms with E-state index in [1.807, 2.05) is 0 Å². The average molecular weight is 257 g/mol. The molecule has 2 nitrogen and oxygen atoms in total. The standard InChI is InChI=1S/C17H23NO/c1-3-17(2,13-19)12-18-11-15-9-6-8-14-7-4-5-10-16(14)15/h4-10,18-19H,3,11-13H2,1-2H3. The van der Waals surface area contributed by atoms with E-state index in [1.54, 1.807) is 0 Å². The Balaban J connectivity index is 2.06. The highest BCUT2D eigenvalue weighted by Crippen LogP contribution is 2.20. The lowest BCUT2D eigenvalue weighted by Gasteiger charge is -2.26. The van der Waals surface area contributed by atoms with E-state index in [1.165, 1.54) is 16.3 Å². The van der Waals surface area contributed by atoms with Crippen molar-refractivity contribution >= 4 is 10.8 Å². The van der Waals surface area contributed by atoms with Crippen molar-refractivity contribution in [2.24, 2.45) is 5.41 Å². The number of fused-ring (bicyclic) bond motifs is 1. The molecule has 0 aromatic heterocycles. The van der Waals surface area contributed by atoms with Gasteiger partial charge in [0.05, 0.1) is 0 Å². The van der Waals surface area contributed by atoms with Crippen LogP contribution in [-0.4, -0.2) is 18.3 Å². The summed E-state index contributed by atoms with van der Waals surface area (Å²) in [6.07, 6.45) is 0.978. The Morgan fingerprint density at radius 1 is 1.11 bits per heavy atom. The number of nitrogens with one attached hydrogen (secondary N) is 1. The first-order valence-corrected chi connectivity index (χ1v) is 6.97. The quantitative estimate of drug-likeness (QED) is 0.832. The zero-order valence-electron chi connectivity index (χ0n) is 11.8. The molecule has 0 saturated heterocycles. The van der Waals surface area contributed by atoms with Crippen molar-refractivity contribution in [1.82, 2.24) is 5.32 Å². The molecule has 2 N–H and O–H groups in total. The van der Waals surface area contributed by atoms with E-state index < -0.39 is 0 Å². The number of aliphatic hydroxyl groups excluding tert-OH is 1. The van der Waals surface area contributed by atoms with E-state index in [-0.39, 0.29) is 12.0 Å². The van der Waals surface area contributed by atoms with Crippen molar-refractivity contribution in [2.45, 2.75) is 26.8 Å². The minimum absolute atomic E-state index is 0.0232. The maximum absolute atomic E-state index is 9.41. The van der Waals surface area contributed by atoms with Crippen molar-refractivity contribution in [3.05, 3.63) is 48.0 Å². The molecule has 2 aromatic rings. The van der Waals surface area contributed by atoms with Gasteiger partial charge in [0.15, 0.2) is 0 Å². The summed E-state index contributed by atoms with van der Waals surface area (Å²) >= 11 is 0. The van der Waals surface area contributed by atoms with Crippen LogP contribution in [0.5, 0.6) is 0 Å². The average Bonchev–Trinajstić information content (AvgIpc) is 2.47. The highest BCUT2D eigenvalue weighted by atomic mass is 16.3. The van der Waals surface area contributed by atoms with Crippen molar-refractivity contribution in [1.29, 1.82) is 0 Å². The third-order valence-electron chi connectivity index (χ3n) is 3.98. The highest BCUT2D eigenvalue weighted by Gasteiger charge is 2.20. The molecule has 0 spiro atoms. The van der Waals surface area contributed by atoms with Crippen LogP contribution in [0.3, 0.4) is 0 Å². The molecule has 1 unspecified atom stereocenters. The molecular weight excluding hydrogens is 234 g/mol. The van der Waals surface area contributed by atoms with E-state index in [0.29, 0.717) is 0 Å². The number of hydrogen-bond acceptors (Lipinski definition) is 2. The van der Waals surface area contributed by atoms with Crippen LogP contribution in [0, 0.1) is 5.41 Å². The maximum atomic E-state index is 9.41. The van der Waals surface area contributed by atoms with Crippen molar-refractivity contribution < 1.29 is 5.11 Å². The fourth-order valence-corrected chi connectivity index (χ4v) is 2.24. The minimum Gasteiger partial charge on any atom is -0.396 e. The summed E-state index contributed by atoms with van der Waals surface area (Å²) in [6.45, 7) is 6.14. The lowest BCUT2D eigenvalue weighted by molar-refractivity contribution is 0.135. The molecule has 1 atom stereocenters. The van der Waals surface area contributed by atoms with E-state index in [0.717, 1.165) is 19.5 Å². The fourth-order valence-electron chi connectivity index (χ4n) is 2.24. The zero-order chi connectivity index (χ0) is 13.7. The number of aliphatic hydroxyl groups is 1. The van der Waals surface area contributed by atoms with Crippen molar-refractivity contribution in [3.63, 3.8) is 0 Å². The Bertz CT molecular complexity index is 526. The Morgan fingerprint density at radius 2 is 1.84 bits per heavy atom. The van der Waals surface area contributed by atoms with Gasteiger partial charge in [-0.15, -0.1) is 0 Å². The van der Waals surface area contributed by atoms with Gasteiger partial charge in [0.2, 0.25) is 0 Å². The SMILES string of the molecule is CCC(C)(CO)CNCc1cccc2ccccc12. The summed E-state index contributed by atoms with van der Waals surface area (Å²) in [5.74, 6) is 0. The molecule has 0 bridgehead atoms. The third-order valence-corrected chi connectivity index (χ3v) is 3.98. The van der Waals surface area contributed by atoms with Crippen molar-refractivity contribution in [2.75, 3.05) is 13.2 Å². The minimum atomic E-state index is -0.0232. The first kappa shape index (κ1) is 14.0. The number of rotatable bonds is 6. The summed E-state index contributed by atoms with van der Waals surface area (Å²) in [5, 5.41) is 15.5. The third kappa shape index (κ3) is 3.34. The Morgan fingerprint density at radius 3 is 2.58 bits per heavy atom. The smallest absolute Gasteiger partial charge is 0.0496 e. The van der Waals surface area contributed by atoms with Crippen LogP contribution in [-0.2, 0) is 6.54 Å². The summed E-state index contributed by atoms with van der Waals surface area (Å²) in [6, 6.07) is 14.9. The summed E-state index contributed by atoms with van der Waals surface area (Å²) in [4.78, 5) is 0. The molecule has 2 rings (SSSR count). The summed E-state index contributed by atoms with van der Waals surface area (Å²) in [5.41, 5.74) is 1.29. The molecule has 0 aliphatic carbocycles. The van der Waals surface area contributed by atoms with Gasteiger partial charge in [-0.3, -0.25) is 0 Å². The predicted molar refractivity (Wildman–Crippen MR) is 81.1 cm³/mol. The molecule has 102 valence electrons. The Hall–Kier alpha value is -1.38. The second-order valence-electron chi connectivity index (χ2n) is 5.56. The summed E-state index contributed by atoms with van der Waals surface area (Å²) in [7, 11) is 0. The molecule has 2 aromatic carbocycles. The lowest BCUT2D eigenvalue weighted by Crippen LogP contribution is -2.34. The van der Waals surface area contributed by atoms with Crippen LogP contribution in [0.15, 0.2) is 42.5 Å². The summed E-state index contributed by atoms with van der Waals surface area (Å²) < 4.78 is 0. The fraction of sp³-hybridized carbons (Fsp3) is 0.412. The molecule has 0 radical (unpaired) electrons. The Kier molecular flexibility index (Phi) is 4.56. The molecule has 0 amide bonds. The molecule has 0 fully saturated rings. The van der Waals surface area contributed by atoms with Gasteiger partial charge < -0.3 is 10.4 Å². The van der Waals surface area contributed by atoms with Crippen LogP contribution in [0.1, 0.15) is 25.8 Å². The molecule has 0 heterocycles. The molecule has 0 saturated carbocycles. The van der Waals surface area contributed by atoms with Crippen LogP contribution in [0.25, 0.3) is 10.8 Å². The topological polar surface area (TPSA) is 32.3 Å². The predicted octanol–water partition coefficient (Wildman–Crippen LogP) is 3.34. The van der Waals surface area contributed by atoms with Gasteiger partial charge in [0, 0.05) is 25.1 Å². The van der Waals surface area contributed by atoms with Gasteiger partial charge in [-0.05, 0) is 22.8 Å². The van der Waals surface area contributed by atoms with Gasteiger partial charge in [0.25, 0.3) is 0 Å². The van der Waals surface area contributed by atoms with Crippen LogP contribution in [0.4, 0.5) is 0 Å². The number of hydrogen-bond donors (Lipinski definition) is 2. The number of benzene rings is 2. The Labute approximate surface area is 115 Å². The van der Waals surface area contributed by atoms with Gasteiger partial charge in [-0.25, -0.2) is 0 Å². The molecule has 19 heavy (non-hydrogen) atoms. The highest BCUT2D eigenvalue weighted by molar-refractivity contribution is 5.85. The lowest BCUT2D eigenvalue weighted by atomic mass is 9.88. The van der Waals surface area contributed by atoms with Gasteiger partial charge in [-0.2, -0.15) is 0 Å². The molecule has 2 heteroatoms. The van der Waals surface area contributed by atoms with E-state index >= 15 is 0 Å². The van der Waals surface area contributed by atoms with Crippen LogP contribution < -0.4 is 5.32 Å². The van der Waals surface area contributed by atoms with Crippen LogP contribution in [0.2, 0.25) is 0 Å². The molecule has 0 aliphatic heterocycles. The van der Waals surface area contributed by atoms with Crippen LogP contribution >= 0.6 is 0 Å². The van der Waals surface area contributed by atoms with E-state index in [2.05, 4.69) is 61.6 Å². The first-order chi connectivity index (χ1) is 9.18. The van der Waals surface area contributed by atoms with Gasteiger partial charge in [0.1, 0.15) is 0 Å².